The van der Waals surface area contributed by atoms with E-state index in [1.807, 2.05) is 12.1 Å². The fraction of sp³-hybridized carbons (Fsp3) is 0.562. The molecule has 0 aromatic heterocycles. The van der Waals surface area contributed by atoms with Gasteiger partial charge in [-0.15, -0.1) is 0 Å². The van der Waals surface area contributed by atoms with E-state index in [4.69, 9.17) is 16.9 Å². The second-order valence-corrected chi connectivity index (χ2v) is 6.19. The number of nitriles is 1. The van der Waals surface area contributed by atoms with Crippen LogP contribution in [0.5, 0.6) is 0 Å². The van der Waals surface area contributed by atoms with Crippen LogP contribution < -0.4 is 5.32 Å². The molecule has 2 nitrogen and oxygen atoms in total. The van der Waals surface area contributed by atoms with Crippen LogP contribution in [0.25, 0.3) is 0 Å². The SMILES string of the molecule is CCCCCC(C)(C)CNc1ccc(C#N)c(Cl)c1. The smallest absolute Gasteiger partial charge is 0.101 e. The highest BCUT2D eigenvalue weighted by Gasteiger charge is 2.17. The molecular formula is C16H23ClN2. The molecule has 1 N–H and O–H groups in total. The number of nitrogens with zero attached hydrogens (tertiary/aromatic N) is 1. The average Bonchev–Trinajstić information content (AvgIpc) is 2.37. The van der Waals surface area contributed by atoms with Crippen molar-refractivity contribution in [3.63, 3.8) is 0 Å². The maximum atomic E-state index is 8.83. The first-order chi connectivity index (χ1) is 8.98. The fourth-order valence-electron chi connectivity index (χ4n) is 2.00. The Hall–Kier alpha value is -1.20. The molecule has 0 amide bonds. The zero-order chi connectivity index (χ0) is 14.3. The number of nitrogens with one attached hydrogen (secondary N) is 1. The van der Waals surface area contributed by atoms with Gasteiger partial charge in [-0.3, -0.25) is 0 Å². The van der Waals surface area contributed by atoms with Gasteiger partial charge in [0.05, 0.1) is 10.6 Å². The normalized spacial score (nSPS) is 11.1. The van der Waals surface area contributed by atoms with Crippen LogP contribution in [0.15, 0.2) is 18.2 Å². The van der Waals surface area contributed by atoms with Gasteiger partial charge in [0.2, 0.25) is 0 Å². The van der Waals surface area contributed by atoms with Crippen LogP contribution in [0, 0.1) is 16.7 Å². The Bertz CT molecular complexity index is 447. The maximum absolute atomic E-state index is 8.83. The van der Waals surface area contributed by atoms with E-state index >= 15 is 0 Å². The van der Waals surface area contributed by atoms with Crippen molar-refractivity contribution in [1.29, 1.82) is 5.26 Å². The van der Waals surface area contributed by atoms with Crippen LogP contribution in [0.4, 0.5) is 5.69 Å². The molecule has 19 heavy (non-hydrogen) atoms. The number of hydrogen-bond acceptors (Lipinski definition) is 2. The molecule has 1 aromatic rings. The summed E-state index contributed by atoms with van der Waals surface area (Å²) in [6.45, 7) is 7.70. The Kier molecular flexibility index (Phi) is 6.18. The van der Waals surface area contributed by atoms with Crippen molar-refractivity contribution in [1.82, 2.24) is 0 Å². The van der Waals surface area contributed by atoms with Gasteiger partial charge in [-0.2, -0.15) is 5.26 Å². The van der Waals surface area contributed by atoms with Crippen LogP contribution in [-0.2, 0) is 0 Å². The summed E-state index contributed by atoms with van der Waals surface area (Å²) < 4.78 is 0. The van der Waals surface area contributed by atoms with Gasteiger partial charge in [-0.05, 0) is 30.0 Å². The zero-order valence-electron chi connectivity index (χ0n) is 12.1. The van der Waals surface area contributed by atoms with Gasteiger partial charge in [0.25, 0.3) is 0 Å². The Morgan fingerprint density at radius 1 is 1.32 bits per heavy atom. The third-order valence-corrected chi connectivity index (χ3v) is 3.63. The molecule has 0 spiro atoms. The lowest BCUT2D eigenvalue weighted by molar-refractivity contribution is 0.342. The van der Waals surface area contributed by atoms with Gasteiger partial charge in [0.1, 0.15) is 6.07 Å². The van der Waals surface area contributed by atoms with Gasteiger partial charge in [-0.1, -0.05) is 51.6 Å². The minimum absolute atomic E-state index is 0.273. The van der Waals surface area contributed by atoms with Crippen molar-refractivity contribution < 1.29 is 0 Å². The molecule has 0 bridgehead atoms. The lowest BCUT2D eigenvalue weighted by atomic mass is 9.87. The van der Waals surface area contributed by atoms with Gasteiger partial charge < -0.3 is 5.32 Å². The molecule has 0 heterocycles. The predicted octanol–water partition coefficient (Wildman–Crippen LogP) is 5.23. The first kappa shape index (κ1) is 15.9. The summed E-state index contributed by atoms with van der Waals surface area (Å²) in [5.41, 5.74) is 1.78. The number of anilines is 1. The van der Waals surface area contributed by atoms with Crippen LogP contribution >= 0.6 is 11.6 Å². The van der Waals surface area contributed by atoms with Crippen molar-refractivity contribution in [2.24, 2.45) is 5.41 Å². The van der Waals surface area contributed by atoms with E-state index in [0.717, 1.165) is 12.2 Å². The molecule has 0 saturated carbocycles. The molecule has 0 atom stereocenters. The number of benzene rings is 1. The minimum Gasteiger partial charge on any atom is -0.384 e. The van der Waals surface area contributed by atoms with Crippen LogP contribution in [0.3, 0.4) is 0 Å². The van der Waals surface area contributed by atoms with E-state index < -0.39 is 0 Å². The van der Waals surface area contributed by atoms with Crippen molar-refractivity contribution in [2.45, 2.75) is 46.5 Å². The summed E-state index contributed by atoms with van der Waals surface area (Å²) in [4.78, 5) is 0. The Morgan fingerprint density at radius 2 is 2.05 bits per heavy atom. The topological polar surface area (TPSA) is 35.8 Å². The number of halogens is 1. The molecule has 3 heteroatoms. The Balaban J connectivity index is 2.52. The fourth-order valence-corrected chi connectivity index (χ4v) is 2.22. The maximum Gasteiger partial charge on any atom is 0.101 e. The lowest BCUT2D eigenvalue weighted by Crippen LogP contribution is -2.23. The molecule has 0 unspecified atom stereocenters. The van der Waals surface area contributed by atoms with Gasteiger partial charge in [-0.25, -0.2) is 0 Å². The monoisotopic (exact) mass is 278 g/mol. The number of hydrogen-bond donors (Lipinski definition) is 1. The van der Waals surface area contributed by atoms with E-state index in [-0.39, 0.29) is 5.41 Å². The standard InChI is InChI=1S/C16H23ClN2/c1-4-5-6-9-16(2,3)12-19-14-8-7-13(11-18)15(17)10-14/h7-8,10,19H,4-6,9,12H2,1-3H3. The first-order valence-electron chi connectivity index (χ1n) is 6.92. The second-order valence-electron chi connectivity index (χ2n) is 5.78. The Labute approximate surface area is 121 Å². The molecule has 1 rings (SSSR count). The minimum atomic E-state index is 0.273. The zero-order valence-corrected chi connectivity index (χ0v) is 12.8. The highest BCUT2D eigenvalue weighted by molar-refractivity contribution is 6.32. The molecule has 0 aliphatic carbocycles. The quantitative estimate of drug-likeness (QED) is 0.693. The molecule has 1 aromatic carbocycles. The van der Waals surface area contributed by atoms with E-state index in [1.54, 1.807) is 6.07 Å². The highest BCUT2D eigenvalue weighted by atomic mass is 35.5. The molecule has 0 radical (unpaired) electrons. The molecule has 0 fully saturated rings. The molecule has 104 valence electrons. The van der Waals surface area contributed by atoms with E-state index in [9.17, 15) is 0 Å². The summed E-state index contributed by atoms with van der Waals surface area (Å²) in [6.07, 6.45) is 5.05. The van der Waals surface area contributed by atoms with Crippen molar-refractivity contribution in [2.75, 3.05) is 11.9 Å². The number of unbranched alkanes of at least 4 members (excludes halogenated alkanes) is 2. The van der Waals surface area contributed by atoms with Gasteiger partial charge in [0, 0.05) is 12.2 Å². The third kappa shape index (κ3) is 5.53. The van der Waals surface area contributed by atoms with E-state index in [1.165, 1.54) is 25.7 Å². The van der Waals surface area contributed by atoms with Crippen molar-refractivity contribution in [3.05, 3.63) is 28.8 Å². The number of rotatable bonds is 7. The third-order valence-electron chi connectivity index (χ3n) is 3.32. The first-order valence-corrected chi connectivity index (χ1v) is 7.30. The molecule has 0 aliphatic heterocycles. The summed E-state index contributed by atoms with van der Waals surface area (Å²) in [6, 6.07) is 7.56. The summed E-state index contributed by atoms with van der Waals surface area (Å²) in [5, 5.41) is 12.8. The molecule has 0 aliphatic rings. The summed E-state index contributed by atoms with van der Waals surface area (Å²) in [7, 11) is 0. The van der Waals surface area contributed by atoms with Gasteiger partial charge in [0.15, 0.2) is 0 Å². The van der Waals surface area contributed by atoms with Crippen LogP contribution in [-0.4, -0.2) is 6.54 Å². The van der Waals surface area contributed by atoms with E-state index in [0.29, 0.717) is 10.6 Å². The summed E-state index contributed by atoms with van der Waals surface area (Å²) in [5.74, 6) is 0. The molecular weight excluding hydrogens is 256 g/mol. The highest BCUT2D eigenvalue weighted by Crippen LogP contribution is 2.26. The van der Waals surface area contributed by atoms with Crippen LogP contribution in [0.2, 0.25) is 5.02 Å². The second kappa shape index (κ2) is 7.40. The van der Waals surface area contributed by atoms with Crippen molar-refractivity contribution >= 4 is 17.3 Å². The summed E-state index contributed by atoms with van der Waals surface area (Å²) >= 11 is 6.02. The largest absolute Gasteiger partial charge is 0.384 e. The average molecular weight is 279 g/mol. The van der Waals surface area contributed by atoms with Crippen molar-refractivity contribution in [3.8, 4) is 6.07 Å². The predicted molar refractivity (Wildman–Crippen MR) is 82.6 cm³/mol. The lowest BCUT2D eigenvalue weighted by Gasteiger charge is -2.25. The Morgan fingerprint density at radius 3 is 2.63 bits per heavy atom. The van der Waals surface area contributed by atoms with Crippen LogP contribution in [0.1, 0.15) is 52.0 Å². The van der Waals surface area contributed by atoms with Gasteiger partial charge >= 0.3 is 0 Å². The van der Waals surface area contributed by atoms with E-state index in [2.05, 4.69) is 32.2 Å². The molecule has 0 saturated heterocycles.